The molecule has 0 aromatic heterocycles. The average molecular weight is 334 g/mol. The second kappa shape index (κ2) is 6.32. The van der Waals surface area contributed by atoms with Crippen LogP contribution in [0.1, 0.15) is 18.4 Å². The number of hydrogen-bond donors (Lipinski definition) is 0. The van der Waals surface area contributed by atoms with Gasteiger partial charge in [-0.3, -0.25) is 4.79 Å². The Hall–Kier alpha value is -1.14. The summed E-state index contributed by atoms with van der Waals surface area (Å²) in [6.07, 6.45) is 2.22. The SMILES string of the molecule is CS(=O)(=O)C1CCCN(C(=O)Cc2c(F)cccc2Cl)C1. The molecule has 21 heavy (non-hydrogen) atoms. The Labute approximate surface area is 128 Å². The van der Waals surface area contributed by atoms with Crippen molar-refractivity contribution in [3.63, 3.8) is 0 Å². The largest absolute Gasteiger partial charge is 0.341 e. The van der Waals surface area contributed by atoms with Crippen LogP contribution in [0.15, 0.2) is 18.2 Å². The van der Waals surface area contributed by atoms with Crippen LogP contribution in [0.5, 0.6) is 0 Å². The van der Waals surface area contributed by atoms with Gasteiger partial charge in [-0.25, -0.2) is 12.8 Å². The van der Waals surface area contributed by atoms with Crippen molar-refractivity contribution in [1.82, 2.24) is 4.90 Å². The Kier molecular flexibility index (Phi) is 4.88. The number of likely N-dealkylation sites (tertiary alicyclic amines) is 1. The first-order valence-electron chi connectivity index (χ1n) is 6.68. The highest BCUT2D eigenvalue weighted by molar-refractivity contribution is 7.91. The lowest BCUT2D eigenvalue weighted by Crippen LogP contribution is -2.45. The zero-order valence-corrected chi connectivity index (χ0v) is 13.3. The summed E-state index contributed by atoms with van der Waals surface area (Å²) in [5, 5.41) is -0.327. The molecule has 4 nitrogen and oxygen atoms in total. The zero-order valence-electron chi connectivity index (χ0n) is 11.7. The predicted octanol–water partition coefficient (Wildman–Crippen LogP) is 2.06. The summed E-state index contributed by atoms with van der Waals surface area (Å²) in [5.41, 5.74) is 0.158. The maximum Gasteiger partial charge on any atom is 0.227 e. The van der Waals surface area contributed by atoms with Crippen LogP contribution in [0, 0.1) is 5.82 Å². The first-order chi connectivity index (χ1) is 9.79. The predicted molar refractivity (Wildman–Crippen MR) is 79.6 cm³/mol. The standard InChI is InChI=1S/C14H17ClFNO3S/c1-21(19,20)10-4-3-7-17(9-10)14(18)8-11-12(15)5-2-6-13(11)16/h2,5-6,10H,3-4,7-9H2,1H3. The van der Waals surface area contributed by atoms with E-state index in [4.69, 9.17) is 11.6 Å². The van der Waals surface area contributed by atoms with Gasteiger partial charge in [0, 0.05) is 29.9 Å². The summed E-state index contributed by atoms with van der Waals surface area (Å²) in [7, 11) is -3.18. The lowest BCUT2D eigenvalue weighted by Gasteiger charge is -2.32. The second-order valence-electron chi connectivity index (χ2n) is 5.31. The molecule has 1 unspecified atom stereocenters. The van der Waals surface area contributed by atoms with Gasteiger partial charge in [0.15, 0.2) is 9.84 Å². The van der Waals surface area contributed by atoms with E-state index in [-0.39, 0.29) is 29.5 Å². The van der Waals surface area contributed by atoms with Crippen LogP contribution in [-0.2, 0) is 21.1 Å². The van der Waals surface area contributed by atoms with Crippen LogP contribution < -0.4 is 0 Å². The van der Waals surface area contributed by atoms with Crippen molar-refractivity contribution >= 4 is 27.3 Å². The molecule has 1 fully saturated rings. The number of carbonyl (C=O) groups is 1. The normalized spacial score (nSPS) is 19.6. The third-order valence-electron chi connectivity index (χ3n) is 3.73. The van der Waals surface area contributed by atoms with Gasteiger partial charge in [-0.2, -0.15) is 0 Å². The van der Waals surface area contributed by atoms with Crippen LogP contribution in [0.25, 0.3) is 0 Å². The minimum Gasteiger partial charge on any atom is -0.341 e. The zero-order chi connectivity index (χ0) is 15.6. The van der Waals surface area contributed by atoms with Crippen molar-refractivity contribution in [2.75, 3.05) is 19.3 Å². The number of hydrogen-bond acceptors (Lipinski definition) is 3. The molecule has 0 aliphatic carbocycles. The molecule has 0 N–H and O–H groups in total. The molecule has 2 rings (SSSR count). The van der Waals surface area contributed by atoms with Crippen molar-refractivity contribution in [3.8, 4) is 0 Å². The summed E-state index contributed by atoms with van der Waals surface area (Å²) in [6, 6.07) is 4.26. The monoisotopic (exact) mass is 333 g/mol. The molecular formula is C14H17ClFNO3S. The highest BCUT2D eigenvalue weighted by Crippen LogP contribution is 2.22. The Morgan fingerprint density at radius 2 is 2.19 bits per heavy atom. The van der Waals surface area contributed by atoms with Gasteiger partial charge in [0.25, 0.3) is 0 Å². The first-order valence-corrected chi connectivity index (χ1v) is 9.02. The van der Waals surface area contributed by atoms with Gasteiger partial charge >= 0.3 is 0 Å². The fourth-order valence-corrected chi connectivity index (χ4v) is 3.75. The molecule has 0 bridgehead atoms. The molecule has 1 heterocycles. The van der Waals surface area contributed by atoms with E-state index in [2.05, 4.69) is 0 Å². The molecular weight excluding hydrogens is 317 g/mol. The molecule has 1 saturated heterocycles. The third kappa shape index (κ3) is 3.95. The number of nitrogens with zero attached hydrogens (tertiary/aromatic N) is 1. The molecule has 1 amide bonds. The Balaban J connectivity index is 2.10. The smallest absolute Gasteiger partial charge is 0.227 e. The molecule has 0 radical (unpaired) electrons. The summed E-state index contributed by atoms with van der Waals surface area (Å²) in [4.78, 5) is 13.7. The summed E-state index contributed by atoms with van der Waals surface area (Å²) >= 11 is 5.91. The summed E-state index contributed by atoms with van der Waals surface area (Å²) in [5.74, 6) is -0.817. The van der Waals surface area contributed by atoms with E-state index in [1.807, 2.05) is 0 Å². The maximum absolute atomic E-state index is 13.7. The molecule has 1 aliphatic heterocycles. The fraction of sp³-hybridized carbons (Fsp3) is 0.500. The van der Waals surface area contributed by atoms with Crippen LogP contribution in [-0.4, -0.2) is 43.8 Å². The van der Waals surface area contributed by atoms with E-state index in [0.29, 0.717) is 19.4 Å². The van der Waals surface area contributed by atoms with Crippen LogP contribution in [0.3, 0.4) is 0 Å². The molecule has 116 valence electrons. The van der Waals surface area contributed by atoms with E-state index in [9.17, 15) is 17.6 Å². The van der Waals surface area contributed by atoms with Crippen molar-refractivity contribution in [2.24, 2.45) is 0 Å². The van der Waals surface area contributed by atoms with E-state index in [0.717, 1.165) is 0 Å². The van der Waals surface area contributed by atoms with Crippen molar-refractivity contribution in [1.29, 1.82) is 0 Å². The molecule has 0 saturated carbocycles. The second-order valence-corrected chi connectivity index (χ2v) is 8.04. The molecule has 1 aliphatic rings. The van der Waals surface area contributed by atoms with Gasteiger partial charge in [0.2, 0.25) is 5.91 Å². The number of halogens is 2. The number of carbonyl (C=O) groups excluding carboxylic acids is 1. The number of amides is 1. The molecule has 7 heteroatoms. The average Bonchev–Trinajstić information content (AvgIpc) is 2.42. The number of sulfone groups is 1. The van der Waals surface area contributed by atoms with Gasteiger partial charge in [0.05, 0.1) is 11.7 Å². The maximum atomic E-state index is 13.7. The van der Waals surface area contributed by atoms with Crippen LogP contribution in [0.4, 0.5) is 4.39 Å². The quantitative estimate of drug-likeness (QED) is 0.850. The van der Waals surface area contributed by atoms with Crippen LogP contribution in [0.2, 0.25) is 5.02 Å². The fourth-order valence-electron chi connectivity index (χ4n) is 2.48. The number of piperidine rings is 1. The van der Waals surface area contributed by atoms with Gasteiger partial charge < -0.3 is 4.90 Å². The number of benzene rings is 1. The Bertz CT molecular complexity index is 627. The number of rotatable bonds is 3. The van der Waals surface area contributed by atoms with Crippen molar-refractivity contribution in [2.45, 2.75) is 24.5 Å². The van der Waals surface area contributed by atoms with E-state index in [1.54, 1.807) is 0 Å². The van der Waals surface area contributed by atoms with Gasteiger partial charge in [0.1, 0.15) is 5.82 Å². The van der Waals surface area contributed by atoms with Gasteiger partial charge in [-0.05, 0) is 25.0 Å². The third-order valence-corrected chi connectivity index (χ3v) is 5.68. The molecule has 0 spiro atoms. The first kappa shape index (κ1) is 16.2. The van der Waals surface area contributed by atoms with E-state index >= 15 is 0 Å². The Morgan fingerprint density at radius 3 is 2.81 bits per heavy atom. The summed E-state index contributed by atoms with van der Waals surface area (Å²) < 4.78 is 36.9. The highest BCUT2D eigenvalue weighted by Gasteiger charge is 2.30. The molecule has 1 aromatic rings. The Morgan fingerprint density at radius 1 is 1.48 bits per heavy atom. The van der Waals surface area contributed by atoms with Crippen molar-refractivity contribution < 1.29 is 17.6 Å². The van der Waals surface area contributed by atoms with E-state index in [1.165, 1.54) is 29.4 Å². The minimum absolute atomic E-state index is 0.151. The van der Waals surface area contributed by atoms with Gasteiger partial charge in [-0.15, -0.1) is 0 Å². The minimum atomic E-state index is -3.18. The van der Waals surface area contributed by atoms with Gasteiger partial charge in [-0.1, -0.05) is 17.7 Å². The topological polar surface area (TPSA) is 54.5 Å². The molecule has 1 aromatic carbocycles. The highest BCUT2D eigenvalue weighted by atomic mass is 35.5. The molecule has 1 atom stereocenters. The van der Waals surface area contributed by atoms with Crippen molar-refractivity contribution in [3.05, 3.63) is 34.6 Å². The van der Waals surface area contributed by atoms with Crippen LogP contribution >= 0.6 is 11.6 Å². The lowest BCUT2D eigenvalue weighted by atomic mass is 10.1. The lowest BCUT2D eigenvalue weighted by molar-refractivity contribution is -0.131. The van der Waals surface area contributed by atoms with E-state index < -0.39 is 20.9 Å². The summed E-state index contributed by atoms with van der Waals surface area (Å²) in [6.45, 7) is 0.667.